The third kappa shape index (κ3) is 2.22. The smallest absolute Gasteiger partial charge is 0.207 e. The summed E-state index contributed by atoms with van der Waals surface area (Å²) in [5.74, 6) is 0.794. The van der Waals surface area contributed by atoms with E-state index in [0.717, 1.165) is 18.2 Å². The lowest BCUT2D eigenvalue weighted by atomic mass is 10.4. The van der Waals surface area contributed by atoms with E-state index in [2.05, 4.69) is 21.9 Å². The van der Waals surface area contributed by atoms with Crippen LogP contribution >= 0.6 is 0 Å². The molecule has 0 spiro atoms. The molecule has 0 amide bonds. The molecule has 4 heteroatoms. The van der Waals surface area contributed by atoms with E-state index in [1.807, 2.05) is 29.0 Å². The Balaban J connectivity index is 2.17. The van der Waals surface area contributed by atoms with Crippen LogP contribution in [0.15, 0.2) is 49.6 Å². The first-order chi connectivity index (χ1) is 7.40. The van der Waals surface area contributed by atoms with Crippen LogP contribution < -0.4 is 5.32 Å². The van der Waals surface area contributed by atoms with Gasteiger partial charge < -0.3 is 9.88 Å². The van der Waals surface area contributed by atoms with Crippen molar-refractivity contribution in [2.75, 3.05) is 5.32 Å². The van der Waals surface area contributed by atoms with Crippen molar-refractivity contribution in [3.8, 4) is 0 Å². The van der Waals surface area contributed by atoms with Gasteiger partial charge in [0, 0.05) is 25.1 Å². The monoisotopic (exact) mass is 200 g/mol. The van der Waals surface area contributed by atoms with Gasteiger partial charge in [0.25, 0.3) is 0 Å². The van der Waals surface area contributed by atoms with Gasteiger partial charge in [-0.15, -0.1) is 6.58 Å². The normalized spacial score (nSPS) is 9.87. The van der Waals surface area contributed by atoms with Crippen molar-refractivity contribution >= 4 is 11.6 Å². The summed E-state index contributed by atoms with van der Waals surface area (Å²) < 4.78 is 1.97. The number of aromatic nitrogens is 3. The lowest BCUT2D eigenvalue weighted by Gasteiger charge is -2.06. The summed E-state index contributed by atoms with van der Waals surface area (Å²) in [6, 6.07) is 3.82. The Labute approximate surface area is 88.3 Å². The molecule has 4 nitrogen and oxygen atoms in total. The minimum absolute atomic E-state index is 0.739. The number of rotatable bonds is 4. The third-order valence-electron chi connectivity index (χ3n) is 1.96. The minimum Gasteiger partial charge on any atom is -0.324 e. The average molecular weight is 200 g/mol. The van der Waals surface area contributed by atoms with Crippen molar-refractivity contribution in [1.82, 2.24) is 14.5 Å². The van der Waals surface area contributed by atoms with Crippen LogP contribution in [0.2, 0.25) is 0 Å². The van der Waals surface area contributed by atoms with Crippen molar-refractivity contribution in [3.63, 3.8) is 0 Å². The largest absolute Gasteiger partial charge is 0.324 e. The van der Waals surface area contributed by atoms with E-state index in [1.54, 1.807) is 18.6 Å². The SMILES string of the molecule is C=CCn1ccnc1Nc1cccnc1. The molecule has 0 bridgehead atoms. The minimum atomic E-state index is 0.739. The summed E-state index contributed by atoms with van der Waals surface area (Å²) >= 11 is 0. The molecule has 0 aromatic carbocycles. The van der Waals surface area contributed by atoms with E-state index in [-0.39, 0.29) is 0 Å². The molecule has 0 fully saturated rings. The van der Waals surface area contributed by atoms with E-state index in [0.29, 0.717) is 0 Å². The highest BCUT2D eigenvalue weighted by Crippen LogP contribution is 2.12. The Morgan fingerprint density at radius 2 is 2.40 bits per heavy atom. The zero-order valence-corrected chi connectivity index (χ0v) is 8.30. The standard InChI is InChI=1S/C11H12N4/c1-2-7-15-8-6-13-11(15)14-10-4-3-5-12-9-10/h2-6,8-9H,1,7H2,(H,13,14). The van der Waals surface area contributed by atoms with Gasteiger partial charge in [0.2, 0.25) is 5.95 Å². The van der Waals surface area contributed by atoms with Crippen molar-refractivity contribution in [3.05, 3.63) is 49.6 Å². The highest BCUT2D eigenvalue weighted by Gasteiger charge is 2.00. The van der Waals surface area contributed by atoms with Crippen LogP contribution in [0.1, 0.15) is 0 Å². The summed E-state index contributed by atoms with van der Waals surface area (Å²) in [6.07, 6.45) is 8.98. The van der Waals surface area contributed by atoms with Crippen LogP contribution in [0.5, 0.6) is 0 Å². The first-order valence-corrected chi connectivity index (χ1v) is 4.69. The number of anilines is 2. The molecule has 2 rings (SSSR count). The van der Waals surface area contributed by atoms with Gasteiger partial charge in [0.05, 0.1) is 11.9 Å². The van der Waals surface area contributed by atoms with Gasteiger partial charge in [-0.2, -0.15) is 0 Å². The molecule has 2 heterocycles. The Bertz CT molecular complexity index is 433. The number of nitrogens with zero attached hydrogens (tertiary/aromatic N) is 3. The lowest BCUT2D eigenvalue weighted by molar-refractivity contribution is 0.833. The average Bonchev–Trinajstić information content (AvgIpc) is 2.68. The first-order valence-electron chi connectivity index (χ1n) is 4.69. The summed E-state index contributed by atoms with van der Waals surface area (Å²) in [5.41, 5.74) is 0.925. The van der Waals surface area contributed by atoms with Gasteiger partial charge in [-0.25, -0.2) is 4.98 Å². The van der Waals surface area contributed by atoms with Crippen LogP contribution in [0.3, 0.4) is 0 Å². The molecule has 0 saturated heterocycles. The Morgan fingerprint density at radius 3 is 3.13 bits per heavy atom. The van der Waals surface area contributed by atoms with Gasteiger partial charge in [-0.3, -0.25) is 4.98 Å². The van der Waals surface area contributed by atoms with Crippen LogP contribution in [-0.2, 0) is 6.54 Å². The van der Waals surface area contributed by atoms with Crippen molar-refractivity contribution in [1.29, 1.82) is 0 Å². The highest BCUT2D eigenvalue weighted by molar-refractivity contribution is 5.51. The molecule has 0 saturated carbocycles. The molecular weight excluding hydrogens is 188 g/mol. The van der Waals surface area contributed by atoms with E-state index >= 15 is 0 Å². The molecule has 0 radical (unpaired) electrons. The number of imidazole rings is 1. The number of hydrogen-bond donors (Lipinski definition) is 1. The first kappa shape index (κ1) is 9.45. The van der Waals surface area contributed by atoms with Crippen LogP contribution in [0.25, 0.3) is 0 Å². The second-order valence-electron chi connectivity index (χ2n) is 3.06. The Kier molecular flexibility index (Phi) is 2.78. The molecule has 15 heavy (non-hydrogen) atoms. The summed E-state index contributed by atoms with van der Waals surface area (Å²) in [6.45, 7) is 4.43. The Morgan fingerprint density at radius 1 is 1.47 bits per heavy atom. The van der Waals surface area contributed by atoms with Gasteiger partial charge in [0.1, 0.15) is 0 Å². The maximum absolute atomic E-state index is 4.21. The molecule has 2 aromatic rings. The van der Waals surface area contributed by atoms with Gasteiger partial charge in [-0.05, 0) is 12.1 Å². The quantitative estimate of drug-likeness (QED) is 0.769. The van der Waals surface area contributed by atoms with Gasteiger partial charge >= 0.3 is 0 Å². The molecule has 76 valence electrons. The van der Waals surface area contributed by atoms with E-state index in [4.69, 9.17) is 0 Å². The number of hydrogen-bond acceptors (Lipinski definition) is 3. The molecule has 0 aliphatic rings. The highest BCUT2D eigenvalue weighted by atomic mass is 15.2. The zero-order chi connectivity index (χ0) is 10.5. The summed E-state index contributed by atoms with van der Waals surface area (Å²) in [7, 11) is 0. The lowest BCUT2D eigenvalue weighted by Crippen LogP contribution is -2.01. The van der Waals surface area contributed by atoms with Crippen LogP contribution in [0.4, 0.5) is 11.6 Å². The van der Waals surface area contributed by atoms with Gasteiger partial charge in [0.15, 0.2) is 0 Å². The predicted octanol–water partition coefficient (Wildman–Crippen LogP) is 2.21. The molecule has 0 unspecified atom stereocenters. The Hall–Kier alpha value is -2.10. The van der Waals surface area contributed by atoms with E-state index in [9.17, 15) is 0 Å². The molecule has 0 aliphatic heterocycles. The maximum atomic E-state index is 4.21. The molecule has 0 aliphatic carbocycles. The van der Waals surface area contributed by atoms with Crippen LogP contribution in [-0.4, -0.2) is 14.5 Å². The predicted molar refractivity (Wildman–Crippen MR) is 59.9 cm³/mol. The summed E-state index contributed by atoms with van der Waals surface area (Å²) in [4.78, 5) is 8.23. The van der Waals surface area contributed by atoms with Crippen molar-refractivity contribution < 1.29 is 0 Å². The van der Waals surface area contributed by atoms with E-state index in [1.165, 1.54) is 0 Å². The number of allylic oxidation sites excluding steroid dienone is 1. The van der Waals surface area contributed by atoms with Gasteiger partial charge in [-0.1, -0.05) is 6.08 Å². The molecule has 2 aromatic heterocycles. The summed E-state index contributed by atoms with van der Waals surface area (Å²) in [5, 5.41) is 3.18. The zero-order valence-electron chi connectivity index (χ0n) is 8.30. The molecular formula is C11H12N4. The third-order valence-corrected chi connectivity index (χ3v) is 1.96. The fourth-order valence-electron chi connectivity index (χ4n) is 1.29. The molecule has 1 N–H and O–H groups in total. The fourth-order valence-corrected chi connectivity index (χ4v) is 1.29. The molecule has 0 atom stereocenters. The topological polar surface area (TPSA) is 42.7 Å². The van der Waals surface area contributed by atoms with E-state index < -0.39 is 0 Å². The maximum Gasteiger partial charge on any atom is 0.207 e. The fraction of sp³-hybridized carbons (Fsp3) is 0.0909. The van der Waals surface area contributed by atoms with Crippen molar-refractivity contribution in [2.24, 2.45) is 0 Å². The van der Waals surface area contributed by atoms with Crippen LogP contribution in [0, 0.1) is 0 Å². The second kappa shape index (κ2) is 4.41. The van der Waals surface area contributed by atoms with Crippen molar-refractivity contribution in [2.45, 2.75) is 6.54 Å². The number of nitrogens with one attached hydrogen (secondary N) is 1. The number of pyridine rings is 1. The second-order valence-corrected chi connectivity index (χ2v) is 3.06.